The van der Waals surface area contributed by atoms with Gasteiger partial charge < -0.3 is 14.5 Å². The first-order valence-corrected chi connectivity index (χ1v) is 9.14. The van der Waals surface area contributed by atoms with Gasteiger partial charge in [0.2, 0.25) is 0 Å². The van der Waals surface area contributed by atoms with Gasteiger partial charge in [-0.25, -0.2) is 5.10 Å². The Bertz CT molecular complexity index is 986. The quantitative estimate of drug-likeness (QED) is 0.677. The van der Waals surface area contributed by atoms with E-state index in [-0.39, 0.29) is 11.7 Å². The Kier molecular flexibility index (Phi) is 4.41. The highest BCUT2D eigenvalue weighted by atomic mass is 16.5. The Morgan fingerprint density at radius 3 is 2.85 bits per heavy atom. The predicted octanol–water partition coefficient (Wildman–Crippen LogP) is 3.81. The minimum atomic E-state index is -0.154. The van der Waals surface area contributed by atoms with E-state index in [4.69, 9.17) is 9.47 Å². The highest BCUT2D eigenvalue weighted by molar-refractivity contribution is 5.89. The average Bonchev–Trinajstić information content (AvgIpc) is 3.38. The number of aryl methyl sites for hydroxylation is 1. The maximum Gasteiger partial charge on any atom is 0.273 e. The number of nitrogens with one attached hydrogen (secondary N) is 2. The summed E-state index contributed by atoms with van der Waals surface area (Å²) in [5, 5.41) is 7.17. The predicted molar refractivity (Wildman–Crippen MR) is 101 cm³/mol. The molecule has 1 saturated carbocycles. The summed E-state index contributed by atoms with van der Waals surface area (Å²) < 4.78 is 11.4. The maximum absolute atomic E-state index is 12.3. The normalized spacial score (nSPS) is 13.9. The second kappa shape index (κ2) is 6.86. The summed E-state index contributed by atoms with van der Waals surface area (Å²) in [5.74, 6) is 1.48. The molecule has 1 fully saturated rings. The fourth-order valence-electron chi connectivity index (χ4n) is 3.27. The fraction of sp³-hybridized carbons (Fsp3) is 0.400. The van der Waals surface area contributed by atoms with Gasteiger partial charge in [0.25, 0.3) is 5.56 Å². The van der Waals surface area contributed by atoms with Crippen LogP contribution < -0.4 is 15.0 Å². The lowest BCUT2D eigenvalue weighted by Crippen LogP contribution is -2.08. The van der Waals surface area contributed by atoms with Crippen LogP contribution in [0.2, 0.25) is 0 Å². The minimum Gasteiger partial charge on any atom is -0.493 e. The average molecular weight is 353 g/mol. The Labute approximate surface area is 151 Å². The van der Waals surface area contributed by atoms with Crippen LogP contribution in [0.1, 0.15) is 38.2 Å². The van der Waals surface area contributed by atoms with Crippen LogP contribution in [0.5, 0.6) is 11.5 Å². The van der Waals surface area contributed by atoms with Crippen LogP contribution in [-0.2, 0) is 6.42 Å². The first-order valence-electron chi connectivity index (χ1n) is 9.14. The zero-order chi connectivity index (χ0) is 18.1. The molecule has 26 heavy (non-hydrogen) atoms. The summed E-state index contributed by atoms with van der Waals surface area (Å²) in [5.41, 5.74) is 3.58. The van der Waals surface area contributed by atoms with Gasteiger partial charge in [-0.15, -0.1) is 0 Å². The number of nitrogens with zero attached hydrogens (tertiary/aromatic N) is 1. The molecule has 136 valence electrons. The molecule has 0 spiro atoms. The monoisotopic (exact) mass is 353 g/mol. The van der Waals surface area contributed by atoms with E-state index >= 15 is 0 Å². The molecule has 2 heterocycles. The first-order chi connectivity index (χ1) is 12.7. The summed E-state index contributed by atoms with van der Waals surface area (Å²) in [6.07, 6.45) is 7.04. The number of unbranched alkanes of at least 4 members (excludes halogenated alkanes) is 1. The molecule has 0 saturated heterocycles. The zero-order valence-electron chi connectivity index (χ0n) is 15.1. The standard InChI is InChI=1S/C20H23N3O3/c1-3-4-5-14-18-15(11-21-23-20(18)24)22-19(14)12-6-9-16(25-2)17(10-12)26-13-7-8-13/h6,9-11,13,22H,3-5,7-8H2,1-2H3,(H,23,24). The van der Waals surface area contributed by atoms with Gasteiger partial charge in [0.15, 0.2) is 11.5 Å². The Balaban J connectivity index is 1.85. The minimum absolute atomic E-state index is 0.154. The van der Waals surface area contributed by atoms with E-state index < -0.39 is 0 Å². The van der Waals surface area contributed by atoms with Crippen molar-refractivity contribution in [1.29, 1.82) is 0 Å². The summed E-state index contributed by atoms with van der Waals surface area (Å²) in [6.45, 7) is 2.15. The van der Waals surface area contributed by atoms with Gasteiger partial charge in [0.1, 0.15) is 0 Å². The van der Waals surface area contributed by atoms with Crippen molar-refractivity contribution >= 4 is 10.9 Å². The van der Waals surface area contributed by atoms with E-state index in [1.807, 2.05) is 18.2 Å². The highest BCUT2D eigenvalue weighted by Crippen LogP contribution is 2.38. The van der Waals surface area contributed by atoms with E-state index in [0.717, 1.165) is 65.9 Å². The van der Waals surface area contributed by atoms with Crippen molar-refractivity contribution in [1.82, 2.24) is 15.2 Å². The first kappa shape index (κ1) is 16.7. The van der Waals surface area contributed by atoms with Crippen molar-refractivity contribution in [3.05, 3.63) is 40.3 Å². The molecule has 1 aromatic carbocycles. The summed E-state index contributed by atoms with van der Waals surface area (Å²) in [7, 11) is 1.65. The molecule has 0 radical (unpaired) electrons. The Morgan fingerprint density at radius 1 is 1.27 bits per heavy atom. The van der Waals surface area contributed by atoms with Gasteiger partial charge in [-0.05, 0) is 49.4 Å². The maximum atomic E-state index is 12.3. The number of rotatable bonds is 7. The van der Waals surface area contributed by atoms with E-state index in [1.54, 1.807) is 13.3 Å². The summed E-state index contributed by atoms with van der Waals surface area (Å²) in [4.78, 5) is 15.7. The number of fused-ring (bicyclic) bond motifs is 1. The highest BCUT2D eigenvalue weighted by Gasteiger charge is 2.25. The van der Waals surface area contributed by atoms with Gasteiger partial charge in [-0.3, -0.25) is 4.79 Å². The lowest BCUT2D eigenvalue weighted by molar-refractivity contribution is 0.282. The molecule has 2 N–H and O–H groups in total. The second-order valence-electron chi connectivity index (χ2n) is 6.75. The van der Waals surface area contributed by atoms with Crippen molar-refractivity contribution in [2.75, 3.05) is 7.11 Å². The zero-order valence-corrected chi connectivity index (χ0v) is 15.1. The van der Waals surface area contributed by atoms with E-state index in [1.165, 1.54) is 0 Å². The number of benzene rings is 1. The third kappa shape index (κ3) is 3.07. The van der Waals surface area contributed by atoms with E-state index in [2.05, 4.69) is 22.1 Å². The fourth-order valence-corrected chi connectivity index (χ4v) is 3.27. The molecule has 0 unspecified atom stereocenters. The molecule has 0 amide bonds. The number of H-pyrrole nitrogens is 2. The van der Waals surface area contributed by atoms with Gasteiger partial charge in [0, 0.05) is 5.56 Å². The number of methoxy groups -OCH3 is 1. The Hall–Kier alpha value is -2.76. The van der Waals surface area contributed by atoms with Crippen LogP contribution in [0.3, 0.4) is 0 Å². The van der Waals surface area contributed by atoms with E-state index in [0.29, 0.717) is 5.39 Å². The molecule has 1 aliphatic carbocycles. The smallest absolute Gasteiger partial charge is 0.273 e. The molecule has 3 aromatic rings. The molecule has 0 bridgehead atoms. The number of hydrogen-bond donors (Lipinski definition) is 2. The molecular weight excluding hydrogens is 330 g/mol. The molecule has 2 aromatic heterocycles. The number of aromatic nitrogens is 3. The lowest BCUT2D eigenvalue weighted by Gasteiger charge is -2.12. The summed E-state index contributed by atoms with van der Waals surface area (Å²) >= 11 is 0. The van der Waals surface area contributed by atoms with Crippen LogP contribution in [-0.4, -0.2) is 28.4 Å². The van der Waals surface area contributed by atoms with Crippen LogP contribution >= 0.6 is 0 Å². The van der Waals surface area contributed by atoms with Crippen molar-refractivity contribution in [2.45, 2.75) is 45.1 Å². The van der Waals surface area contributed by atoms with Crippen molar-refractivity contribution in [2.24, 2.45) is 0 Å². The molecule has 0 atom stereocenters. The van der Waals surface area contributed by atoms with Crippen LogP contribution in [0.15, 0.2) is 29.2 Å². The molecular formula is C20H23N3O3. The van der Waals surface area contributed by atoms with Crippen molar-refractivity contribution < 1.29 is 9.47 Å². The molecule has 4 rings (SSSR count). The van der Waals surface area contributed by atoms with Gasteiger partial charge >= 0.3 is 0 Å². The van der Waals surface area contributed by atoms with Crippen LogP contribution in [0.25, 0.3) is 22.2 Å². The topological polar surface area (TPSA) is 80.0 Å². The van der Waals surface area contributed by atoms with E-state index in [9.17, 15) is 4.79 Å². The van der Waals surface area contributed by atoms with Gasteiger partial charge in [-0.2, -0.15) is 5.10 Å². The largest absolute Gasteiger partial charge is 0.493 e. The lowest BCUT2D eigenvalue weighted by atomic mass is 10.0. The van der Waals surface area contributed by atoms with Crippen LogP contribution in [0, 0.1) is 0 Å². The third-order valence-electron chi connectivity index (χ3n) is 4.77. The third-order valence-corrected chi connectivity index (χ3v) is 4.77. The number of aromatic amines is 2. The summed E-state index contributed by atoms with van der Waals surface area (Å²) in [6, 6.07) is 5.92. The van der Waals surface area contributed by atoms with Gasteiger partial charge in [-0.1, -0.05) is 13.3 Å². The Morgan fingerprint density at radius 2 is 2.12 bits per heavy atom. The van der Waals surface area contributed by atoms with Crippen molar-refractivity contribution in [3.8, 4) is 22.8 Å². The molecule has 6 nitrogen and oxygen atoms in total. The van der Waals surface area contributed by atoms with Crippen molar-refractivity contribution in [3.63, 3.8) is 0 Å². The molecule has 1 aliphatic rings. The SMILES string of the molecule is CCCCc1c(-c2ccc(OC)c(OC3CC3)c2)[nH]c2cn[nH]c(=O)c12. The molecule has 0 aliphatic heterocycles. The number of hydrogen-bond acceptors (Lipinski definition) is 4. The second-order valence-corrected chi connectivity index (χ2v) is 6.75. The number of ether oxygens (including phenoxy) is 2. The molecule has 6 heteroatoms. The van der Waals surface area contributed by atoms with Crippen LogP contribution in [0.4, 0.5) is 0 Å². The van der Waals surface area contributed by atoms with Gasteiger partial charge in [0.05, 0.1) is 36.0 Å².